The van der Waals surface area contributed by atoms with Crippen molar-refractivity contribution in [3.05, 3.63) is 0 Å². The van der Waals surface area contributed by atoms with Gasteiger partial charge in [-0.3, -0.25) is 0 Å². The number of fused-ring (bicyclic) bond motifs is 1. The third kappa shape index (κ3) is 1.45. The van der Waals surface area contributed by atoms with E-state index < -0.39 is 0 Å². The molecule has 4 fully saturated rings. The molecule has 2 aliphatic carbocycles. The normalized spacial score (nSPS) is 55.9. The van der Waals surface area contributed by atoms with Gasteiger partial charge < -0.3 is 15.6 Å². The lowest BCUT2D eigenvalue weighted by Crippen LogP contribution is -2.76. The fraction of sp³-hybridized carbons (Fsp3) is 1.00. The van der Waals surface area contributed by atoms with E-state index in [2.05, 4.69) is 20.8 Å². The van der Waals surface area contributed by atoms with E-state index in [1.54, 1.807) is 0 Å². The van der Waals surface area contributed by atoms with E-state index in [4.69, 9.17) is 10.5 Å². The van der Waals surface area contributed by atoms with Crippen LogP contribution in [-0.4, -0.2) is 28.5 Å². The van der Waals surface area contributed by atoms with Gasteiger partial charge in [0.05, 0.1) is 11.2 Å². The van der Waals surface area contributed by atoms with Crippen molar-refractivity contribution in [2.24, 2.45) is 23.5 Å². The second-order valence-corrected chi connectivity index (χ2v) is 7.34. The van der Waals surface area contributed by atoms with E-state index in [1.165, 1.54) is 6.42 Å². The Morgan fingerprint density at radius 2 is 2.00 bits per heavy atom. The quantitative estimate of drug-likeness (QED) is 0.732. The molecule has 0 amide bonds. The zero-order valence-corrected chi connectivity index (χ0v) is 11.2. The van der Waals surface area contributed by atoms with Crippen LogP contribution in [0.15, 0.2) is 0 Å². The smallest absolute Gasteiger partial charge is 0.0682 e. The van der Waals surface area contributed by atoms with Crippen molar-refractivity contribution in [1.82, 2.24) is 0 Å². The Bertz CT molecular complexity index is 340. The van der Waals surface area contributed by atoms with Crippen molar-refractivity contribution in [2.45, 2.75) is 63.2 Å². The van der Waals surface area contributed by atoms with E-state index >= 15 is 0 Å². The standard InChI is InChI=1S/C14H25NO2/c1-12(2)11-9-4-5-10(7-16)14(11,15)8-13(3,6-9)17-12/h9-11,16H,4-8,15H2,1-3H3/t9-,10+,11-,13-,14+/m0/s1. The minimum Gasteiger partial charge on any atom is -0.396 e. The number of hydrogen-bond donors (Lipinski definition) is 2. The average Bonchev–Trinajstić information content (AvgIpc) is 2.11. The monoisotopic (exact) mass is 239 g/mol. The number of aliphatic hydroxyl groups excluding tert-OH is 1. The van der Waals surface area contributed by atoms with Crippen molar-refractivity contribution in [3.8, 4) is 0 Å². The minimum absolute atomic E-state index is 0.0779. The van der Waals surface area contributed by atoms with E-state index in [1.807, 2.05) is 0 Å². The molecule has 0 aromatic rings. The lowest BCUT2D eigenvalue weighted by Gasteiger charge is -2.68. The van der Waals surface area contributed by atoms with Crippen LogP contribution < -0.4 is 5.73 Å². The highest BCUT2D eigenvalue weighted by Gasteiger charge is 2.66. The molecule has 17 heavy (non-hydrogen) atoms. The van der Waals surface area contributed by atoms with Crippen LogP contribution in [0, 0.1) is 17.8 Å². The highest BCUT2D eigenvalue weighted by atomic mass is 16.5. The molecule has 2 heterocycles. The summed E-state index contributed by atoms with van der Waals surface area (Å²) in [5.74, 6) is 1.35. The Labute approximate surface area is 104 Å². The van der Waals surface area contributed by atoms with Crippen LogP contribution in [0.1, 0.15) is 46.5 Å². The summed E-state index contributed by atoms with van der Waals surface area (Å²) in [6.45, 7) is 6.80. The molecule has 2 saturated carbocycles. The molecule has 0 radical (unpaired) electrons. The maximum absolute atomic E-state index is 9.63. The summed E-state index contributed by atoms with van der Waals surface area (Å²) in [6.07, 6.45) is 4.35. The Hall–Kier alpha value is -0.120. The largest absolute Gasteiger partial charge is 0.396 e. The van der Waals surface area contributed by atoms with E-state index in [-0.39, 0.29) is 29.3 Å². The molecule has 0 unspecified atom stereocenters. The van der Waals surface area contributed by atoms with Crippen molar-refractivity contribution >= 4 is 0 Å². The maximum atomic E-state index is 9.63. The molecule has 4 bridgehead atoms. The highest BCUT2D eigenvalue weighted by molar-refractivity contribution is 5.18. The molecule has 5 atom stereocenters. The predicted octanol–water partition coefficient (Wildman–Crippen LogP) is 1.68. The van der Waals surface area contributed by atoms with Gasteiger partial charge in [0.15, 0.2) is 0 Å². The lowest BCUT2D eigenvalue weighted by atomic mass is 9.47. The van der Waals surface area contributed by atoms with Gasteiger partial charge in [-0.2, -0.15) is 0 Å². The van der Waals surface area contributed by atoms with Crippen LogP contribution in [0.4, 0.5) is 0 Å². The second-order valence-electron chi connectivity index (χ2n) is 7.34. The predicted molar refractivity (Wildman–Crippen MR) is 66.5 cm³/mol. The van der Waals surface area contributed by atoms with Gasteiger partial charge in [0.2, 0.25) is 0 Å². The van der Waals surface area contributed by atoms with Crippen molar-refractivity contribution in [2.75, 3.05) is 6.61 Å². The molecule has 4 aliphatic rings. The van der Waals surface area contributed by atoms with E-state index in [0.29, 0.717) is 11.8 Å². The molecule has 3 nitrogen and oxygen atoms in total. The first-order chi connectivity index (χ1) is 7.81. The molecular weight excluding hydrogens is 214 g/mol. The minimum atomic E-state index is -0.216. The molecule has 98 valence electrons. The Morgan fingerprint density at radius 3 is 2.59 bits per heavy atom. The molecule has 3 N–H and O–H groups in total. The average molecular weight is 239 g/mol. The van der Waals surface area contributed by atoms with Gasteiger partial charge in [-0.15, -0.1) is 0 Å². The molecule has 2 aliphatic heterocycles. The van der Waals surface area contributed by atoms with Gasteiger partial charge in [-0.1, -0.05) is 0 Å². The molecule has 0 aromatic carbocycles. The molecular formula is C14H25NO2. The zero-order chi connectivity index (χ0) is 12.5. The van der Waals surface area contributed by atoms with Crippen molar-refractivity contribution < 1.29 is 9.84 Å². The second kappa shape index (κ2) is 3.25. The van der Waals surface area contributed by atoms with Gasteiger partial charge in [0, 0.05) is 24.0 Å². The Morgan fingerprint density at radius 1 is 1.29 bits per heavy atom. The SMILES string of the molecule is CC1(C)O[C@@]2(C)C[C@@H]3CC[C@H](CO)[C@](N)(C2)[C@@H]31. The number of rotatable bonds is 1. The van der Waals surface area contributed by atoms with Crippen LogP contribution in [0.5, 0.6) is 0 Å². The molecule has 2 saturated heterocycles. The zero-order valence-electron chi connectivity index (χ0n) is 11.2. The summed E-state index contributed by atoms with van der Waals surface area (Å²) in [6, 6.07) is 0. The Balaban J connectivity index is 2.06. The third-order valence-corrected chi connectivity index (χ3v) is 5.55. The van der Waals surface area contributed by atoms with Gasteiger partial charge >= 0.3 is 0 Å². The first-order valence-electron chi connectivity index (χ1n) is 6.91. The first kappa shape index (κ1) is 11.9. The van der Waals surface area contributed by atoms with E-state index in [0.717, 1.165) is 19.3 Å². The van der Waals surface area contributed by atoms with Crippen molar-refractivity contribution in [3.63, 3.8) is 0 Å². The summed E-state index contributed by atoms with van der Waals surface area (Å²) in [5, 5.41) is 9.63. The number of nitrogens with two attached hydrogens (primary N) is 1. The highest BCUT2D eigenvalue weighted by Crippen LogP contribution is 2.62. The first-order valence-corrected chi connectivity index (χ1v) is 6.91. The van der Waals surface area contributed by atoms with Gasteiger partial charge in [0.1, 0.15) is 0 Å². The summed E-state index contributed by atoms with van der Waals surface area (Å²) < 4.78 is 6.29. The topological polar surface area (TPSA) is 55.5 Å². The lowest BCUT2D eigenvalue weighted by molar-refractivity contribution is -0.296. The molecule has 0 aromatic heterocycles. The number of ether oxygens (including phenoxy) is 1. The van der Waals surface area contributed by atoms with Crippen LogP contribution in [0.25, 0.3) is 0 Å². The van der Waals surface area contributed by atoms with Crippen molar-refractivity contribution in [1.29, 1.82) is 0 Å². The molecule has 4 rings (SSSR count). The molecule has 3 heteroatoms. The van der Waals surface area contributed by atoms with Gasteiger partial charge in [-0.25, -0.2) is 0 Å². The Kier molecular flexibility index (Phi) is 2.28. The van der Waals surface area contributed by atoms with Crippen LogP contribution in [-0.2, 0) is 4.74 Å². The number of hydrogen-bond acceptors (Lipinski definition) is 3. The third-order valence-electron chi connectivity index (χ3n) is 5.55. The summed E-state index contributed by atoms with van der Waals surface area (Å²) >= 11 is 0. The maximum Gasteiger partial charge on any atom is 0.0682 e. The molecule has 0 spiro atoms. The van der Waals surface area contributed by atoms with Gasteiger partial charge in [0.25, 0.3) is 0 Å². The van der Waals surface area contributed by atoms with Crippen LogP contribution in [0.3, 0.4) is 0 Å². The summed E-state index contributed by atoms with van der Waals surface area (Å²) in [4.78, 5) is 0. The van der Waals surface area contributed by atoms with Crippen LogP contribution in [0.2, 0.25) is 0 Å². The van der Waals surface area contributed by atoms with E-state index in [9.17, 15) is 5.11 Å². The number of aliphatic hydroxyl groups is 1. The van der Waals surface area contributed by atoms with Crippen LogP contribution >= 0.6 is 0 Å². The summed E-state index contributed by atoms with van der Waals surface area (Å²) in [7, 11) is 0. The fourth-order valence-corrected chi connectivity index (χ4v) is 5.54. The van der Waals surface area contributed by atoms with Gasteiger partial charge in [-0.05, 0) is 52.4 Å². The fourth-order valence-electron chi connectivity index (χ4n) is 5.54. The summed E-state index contributed by atoms with van der Waals surface area (Å²) in [5.41, 5.74) is 6.33.